The number of Topliss-reactive ketones (excluding diaryl/α,β-unsaturated/α-hetero) is 1. The van der Waals surface area contributed by atoms with Crippen molar-refractivity contribution in [1.82, 2.24) is 0 Å². The first-order valence-electron chi connectivity index (χ1n) is 10.8. The van der Waals surface area contributed by atoms with E-state index in [9.17, 15) is 13.2 Å². The number of hydrogen-bond acceptors (Lipinski definition) is 6. The van der Waals surface area contributed by atoms with Crippen molar-refractivity contribution in [2.75, 3.05) is 0 Å². The first-order chi connectivity index (χ1) is 14.9. The number of carbonyl (C=O) groups excluding carboxylic acids is 1. The molecule has 0 spiro atoms. The Morgan fingerprint density at radius 2 is 1.27 bits per heavy atom. The molecule has 7 heteroatoms. The van der Waals surface area contributed by atoms with E-state index in [1.54, 1.807) is 33.1 Å². The predicted molar refractivity (Wildman–Crippen MR) is 130 cm³/mol. The summed E-state index contributed by atoms with van der Waals surface area (Å²) < 4.78 is 37.0. The fraction of sp³-hybridized carbons (Fsp3) is 0.500. The van der Waals surface area contributed by atoms with E-state index in [-0.39, 0.29) is 16.1 Å². The van der Waals surface area contributed by atoms with Gasteiger partial charge in [0.15, 0.2) is 15.6 Å². The fourth-order valence-electron chi connectivity index (χ4n) is 2.59. The van der Waals surface area contributed by atoms with Crippen LogP contribution >= 0.6 is 0 Å². The van der Waals surface area contributed by atoms with E-state index in [0.29, 0.717) is 11.0 Å². The van der Waals surface area contributed by atoms with Crippen LogP contribution in [0.2, 0.25) is 0 Å². The second-order valence-corrected chi connectivity index (χ2v) is 13.7. The van der Waals surface area contributed by atoms with Gasteiger partial charge in [0.05, 0.1) is 35.4 Å². The molecule has 184 valence electrons. The average molecular weight is 479 g/mol. The Labute approximate surface area is 198 Å². The molecule has 0 amide bonds. The van der Waals surface area contributed by atoms with Gasteiger partial charge in [0.1, 0.15) is 17.4 Å². The third-order valence-electron chi connectivity index (χ3n) is 4.39. The highest BCUT2D eigenvalue weighted by Crippen LogP contribution is 2.24. The Balaban J connectivity index is 0.000000249. The SMILES string of the molecule is CC(C)(C)C(=O)c1ccoc1.CC(C)(C)Cc1ccoc1.CC(C)(C)S(=O)(=O)c1ccoc1. The zero-order valence-electron chi connectivity index (χ0n) is 21.3. The molecule has 6 nitrogen and oxygen atoms in total. The summed E-state index contributed by atoms with van der Waals surface area (Å²) in [5.41, 5.74) is 1.98. The molecule has 0 radical (unpaired) electrons. The summed E-state index contributed by atoms with van der Waals surface area (Å²) in [4.78, 5) is 11.7. The Hall–Kier alpha value is -2.54. The van der Waals surface area contributed by atoms with Crippen molar-refractivity contribution in [2.45, 2.75) is 78.4 Å². The van der Waals surface area contributed by atoms with Crippen molar-refractivity contribution in [2.24, 2.45) is 10.8 Å². The van der Waals surface area contributed by atoms with E-state index in [2.05, 4.69) is 20.8 Å². The van der Waals surface area contributed by atoms with Gasteiger partial charge >= 0.3 is 0 Å². The molecule has 0 aliphatic rings. The van der Waals surface area contributed by atoms with Crippen LogP contribution in [0.25, 0.3) is 0 Å². The molecule has 0 atom stereocenters. The van der Waals surface area contributed by atoms with Crippen LogP contribution in [0.1, 0.15) is 78.2 Å². The highest BCUT2D eigenvalue weighted by molar-refractivity contribution is 7.92. The first kappa shape index (κ1) is 28.5. The summed E-state index contributed by atoms with van der Waals surface area (Å²) in [6, 6.07) is 5.17. The second-order valence-electron chi connectivity index (χ2n) is 11.0. The zero-order valence-corrected chi connectivity index (χ0v) is 22.1. The van der Waals surface area contributed by atoms with Crippen molar-refractivity contribution in [3.63, 3.8) is 0 Å². The van der Waals surface area contributed by atoms with Gasteiger partial charge in [-0.25, -0.2) is 8.42 Å². The lowest BCUT2D eigenvalue weighted by atomic mass is 9.88. The minimum absolute atomic E-state index is 0.117. The van der Waals surface area contributed by atoms with Crippen LogP contribution in [0.4, 0.5) is 0 Å². The van der Waals surface area contributed by atoms with Gasteiger partial charge in [-0.3, -0.25) is 4.79 Å². The van der Waals surface area contributed by atoms with Crippen LogP contribution in [0.15, 0.2) is 73.9 Å². The molecular weight excluding hydrogens is 440 g/mol. The smallest absolute Gasteiger partial charge is 0.186 e. The van der Waals surface area contributed by atoms with Crippen molar-refractivity contribution in [3.8, 4) is 0 Å². The third-order valence-corrected chi connectivity index (χ3v) is 6.86. The molecule has 0 saturated heterocycles. The number of ketones is 1. The zero-order chi connectivity index (χ0) is 25.5. The summed E-state index contributed by atoms with van der Waals surface area (Å²) in [5, 5.41) is 0. The largest absolute Gasteiger partial charge is 0.472 e. The van der Waals surface area contributed by atoms with Crippen molar-refractivity contribution in [3.05, 3.63) is 66.9 Å². The number of hydrogen-bond donors (Lipinski definition) is 0. The van der Waals surface area contributed by atoms with Gasteiger partial charge in [0.25, 0.3) is 0 Å². The summed E-state index contributed by atoms with van der Waals surface area (Å²) in [7, 11) is -3.23. The highest BCUT2D eigenvalue weighted by atomic mass is 32.2. The van der Waals surface area contributed by atoms with Crippen LogP contribution in [0.5, 0.6) is 0 Å². The molecular formula is C26H38O6S. The third kappa shape index (κ3) is 9.46. The van der Waals surface area contributed by atoms with E-state index in [0.717, 1.165) is 6.42 Å². The maximum absolute atomic E-state index is 11.7. The molecule has 3 rings (SSSR count). The predicted octanol–water partition coefficient (Wildman–Crippen LogP) is 7.23. The molecule has 3 heterocycles. The molecule has 0 fully saturated rings. The van der Waals surface area contributed by atoms with Crippen LogP contribution < -0.4 is 0 Å². The molecule has 0 aliphatic carbocycles. The quantitative estimate of drug-likeness (QED) is 0.369. The summed E-state index contributed by atoms with van der Waals surface area (Å²) >= 11 is 0. The van der Waals surface area contributed by atoms with Crippen molar-refractivity contribution >= 4 is 15.6 Å². The van der Waals surface area contributed by atoms with Gasteiger partial charge in [0, 0.05) is 5.41 Å². The molecule has 0 unspecified atom stereocenters. The Morgan fingerprint density at radius 3 is 1.64 bits per heavy atom. The maximum atomic E-state index is 11.7. The Kier molecular flexibility index (Phi) is 9.54. The van der Waals surface area contributed by atoms with E-state index < -0.39 is 14.6 Å². The highest BCUT2D eigenvalue weighted by Gasteiger charge is 2.31. The van der Waals surface area contributed by atoms with E-state index in [4.69, 9.17) is 13.3 Å². The van der Waals surface area contributed by atoms with Crippen LogP contribution in [0.3, 0.4) is 0 Å². The lowest BCUT2D eigenvalue weighted by Gasteiger charge is -2.17. The van der Waals surface area contributed by atoms with Gasteiger partial charge in [-0.2, -0.15) is 0 Å². The van der Waals surface area contributed by atoms with Gasteiger partial charge < -0.3 is 13.3 Å². The molecule has 33 heavy (non-hydrogen) atoms. The maximum Gasteiger partial charge on any atom is 0.186 e. The molecule has 0 aliphatic heterocycles. The number of rotatable bonds is 3. The normalized spacial score (nSPS) is 12.3. The second kappa shape index (κ2) is 11.1. The monoisotopic (exact) mass is 478 g/mol. The molecule has 0 N–H and O–H groups in total. The van der Waals surface area contributed by atoms with E-state index in [1.165, 1.54) is 36.7 Å². The number of furan rings is 3. The Bertz CT molecular complexity index is 1040. The van der Waals surface area contributed by atoms with E-state index in [1.807, 2.05) is 33.1 Å². The average Bonchev–Trinajstić information content (AvgIpc) is 3.42. The first-order valence-corrected chi connectivity index (χ1v) is 12.3. The van der Waals surface area contributed by atoms with Crippen LogP contribution in [0, 0.1) is 10.8 Å². The minimum atomic E-state index is -3.23. The molecule has 3 aromatic rings. The fourth-order valence-corrected chi connectivity index (χ4v) is 3.71. The summed E-state index contributed by atoms with van der Waals surface area (Å²) in [5.74, 6) is 0.117. The summed E-state index contributed by atoms with van der Waals surface area (Å²) in [6.45, 7) is 17.3. The summed E-state index contributed by atoms with van der Waals surface area (Å²) in [6.07, 6.45) is 10.2. The van der Waals surface area contributed by atoms with Gasteiger partial charge in [-0.05, 0) is 56.4 Å². The lowest BCUT2D eigenvalue weighted by molar-refractivity contribution is 0.0857. The topological polar surface area (TPSA) is 90.6 Å². The van der Waals surface area contributed by atoms with Gasteiger partial charge in [0.2, 0.25) is 0 Å². The number of sulfone groups is 1. The standard InChI is InChI=1S/C9H12O2.C9H14O.C8H12O3S/c1-9(2,3)8(10)7-4-5-11-6-7;1-9(2,3)6-8-4-5-10-7-8;1-8(2,3)12(9,10)7-4-5-11-6-7/h4-6H,1-3H3;4-5,7H,6H2,1-3H3;4-6H,1-3H3. The van der Waals surface area contributed by atoms with Gasteiger partial charge in [-0.15, -0.1) is 0 Å². The van der Waals surface area contributed by atoms with Crippen molar-refractivity contribution < 1.29 is 26.5 Å². The van der Waals surface area contributed by atoms with Gasteiger partial charge in [-0.1, -0.05) is 41.5 Å². The number of carbonyl (C=O) groups is 1. The lowest BCUT2D eigenvalue weighted by Crippen LogP contribution is -2.27. The molecule has 0 bridgehead atoms. The molecule has 3 aromatic heterocycles. The molecule has 0 saturated carbocycles. The minimum Gasteiger partial charge on any atom is -0.472 e. The van der Waals surface area contributed by atoms with E-state index >= 15 is 0 Å². The van der Waals surface area contributed by atoms with Crippen LogP contribution in [-0.4, -0.2) is 18.9 Å². The molecule has 0 aromatic carbocycles. The Morgan fingerprint density at radius 1 is 0.758 bits per heavy atom. The van der Waals surface area contributed by atoms with Crippen LogP contribution in [-0.2, 0) is 16.3 Å². The van der Waals surface area contributed by atoms with Crippen molar-refractivity contribution in [1.29, 1.82) is 0 Å².